The van der Waals surface area contributed by atoms with Gasteiger partial charge in [-0.1, -0.05) is 64.3 Å². The van der Waals surface area contributed by atoms with Gasteiger partial charge in [-0.25, -0.2) is 9.79 Å². The van der Waals surface area contributed by atoms with Crippen LogP contribution in [0.4, 0.5) is 0 Å². The standard InChI is InChI=1S/C27H19Cl3N2O4S/c1-3-35-26(34)23-14(2)31-27-32(24(23)17-6-4-5-7-19(17)29)25(33)22(37-27)13-16-9-11-21(36-16)18-12-15(28)8-10-20(18)30/h4-13,24H,3H2,1-2H3. The second-order valence-electron chi connectivity index (χ2n) is 8.15. The number of benzene rings is 2. The fourth-order valence-electron chi connectivity index (χ4n) is 4.17. The van der Waals surface area contributed by atoms with E-state index in [1.807, 2.05) is 0 Å². The SMILES string of the molecule is CCOC(=O)C1=C(C)N=c2sc(=Cc3ccc(-c4cc(Cl)ccc4Cl)o3)c(=O)n2C1c1ccccc1Cl. The van der Waals surface area contributed by atoms with Crippen molar-refractivity contribution < 1.29 is 13.9 Å². The molecular formula is C27H19Cl3N2O4S. The maximum Gasteiger partial charge on any atom is 0.338 e. The third-order valence-electron chi connectivity index (χ3n) is 5.81. The van der Waals surface area contributed by atoms with E-state index < -0.39 is 12.0 Å². The molecule has 0 N–H and O–H groups in total. The fourth-order valence-corrected chi connectivity index (χ4v) is 5.82. The van der Waals surface area contributed by atoms with E-state index in [2.05, 4.69) is 4.99 Å². The van der Waals surface area contributed by atoms with Crippen LogP contribution in [0.3, 0.4) is 0 Å². The molecule has 3 heterocycles. The van der Waals surface area contributed by atoms with Crippen LogP contribution in [0, 0.1) is 0 Å². The average Bonchev–Trinajstić information content (AvgIpc) is 3.45. The summed E-state index contributed by atoms with van der Waals surface area (Å²) in [6, 6.07) is 14.9. The molecule has 0 aliphatic carbocycles. The number of rotatable bonds is 5. The lowest BCUT2D eigenvalue weighted by Gasteiger charge is -2.25. The fraction of sp³-hybridized carbons (Fsp3) is 0.148. The van der Waals surface area contributed by atoms with Gasteiger partial charge in [0.25, 0.3) is 5.56 Å². The molecule has 0 radical (unpaired) electrons. The maximum atomic E-state index is 13.7. The Morgan fingerprint density at radius 2 is 1.92 bits per heavy atom. The number of fused-ring (bicyclic) bond motifs is 1. The Bertz CT molecular complexity index is 1750. The van der Waals surface area contributed by atoms with Crippen molar-refractivity contribution in [1.29, 1.82) is 0 Å². The molecule has 1 atom stereocenters. The number of nitrogens with zero attached hydrogens (tertiary/aromatic N) is 2. The van der Waals surface area contributed by atoms with Crippen molar-refractivity contribution in [2.24, 2.45) is 4.99 Å². The molecule has 2 aromatic heterocycles. The van der Waals surface area contributed by atoms with Gasteiger partial charge in [0.05, 0.1) is 27.4 Å². The van der Waals surface area contributed by atoms with Crippen molar-refractivity contribution in [3.63, 3.8) is 0 Å². The number of furan rings is 1. The second kappa shape index (κ2) is 10.3. The van der Waals surface area contributed by atoms with Crippen LogP contribution in [0.25, 0.3) is 17.4 Å². The first-order valence-corrected chi connectivity index (χ1v) is 13.2. The van der Waals surface area contributed by atoms with Gasteiger partial charge < -0.3 is 9.15 Å². The summed E-state index contributed by atoms with van der Waals surface area (Å²) in [6.07, 6.45) is 1.64. The van der Waals surface area contributed by atoms with Gasteiger partial charge in [-0.05, 0) is 55.8 Å². The number of halogens is 3. The number of ether oxygens (including phenoxy) is 1. The monoisotopic (exact) mass is 572 g/mol. The van der Waals surface area contributed by atoms with Crippen LogP contribution in [-0.2, 0) is 9.53 Å². The van der Waals surface area contributed by atoms with Gasteiger partial charge in [0.1, 0.15) is 17.6 Å². The molecule has 188 valence electrons. The first-order valence-electron chi connectivity index (χ1n) is 11.3. The average molecular weight is 574 g/mol. The molecule has 1 aliphatic heterocycles. The zero-order valence-electron chi connectivity index (χ0n) is 19.6. The van der Waals surface area contributed by atoms with Gasteiger partial charge in [-0.15, -0.1) is 0 Å². The predicted octanol–water partition coefficient (Wildman–Crippen LogP) is 6.02. The summed E-state index contributed by atoms with van der Waals surface area (Å²) in [5.41, 5.74) is 1.65. The summed E-state index contributed by atoms with van der Waals surface area (Å²) < 4.78 is 13.1. The maximum absolute atomic E-state index is 13.7. The molecule has 10 heteroatoms. The van der Waals surface area contributed by atoms with Crippen LogP contribution >= 0.6 is 46.1 Å². The molecule has 0 fully saturated rings. The molecule has 0 saturated carbocycles. The molecule has 4 aromatic rings. The van der Waals surface area contributed by atoms with Crippen LogP contribution in [0.15, 0.2) is 80.1 Å². The van der Waals surface area contributed by atoms with Gasteiger partial charge >= 0.3 is 5.97 Å². The number of aromatic nitrogens is 1. The Labute approximate surface area is 230 Å². The molecule has 6 nitrogen and oxygen atoms in total. The van der Waals surface area contributed by atoms with Crippen LogP contribution < -0.4 is 14.9 Å². The lowest BCUT2D eigenvalue weighted by molar-refractivity contribution is -0.139. The van der Waals surface area contributed by atoms with Crippen molar-refractivity contribution >= 4 is 58.2 Å². The van der Waals surface area contributed by atoms with Crippen LogP contribution in [-0.4, -0.2) is 17.1 Å². The second-order valence-corrected chi connectivity index (χ2v) is 10.4. The topological polar surface area (TPSA) is 73.8 Å². The summed E-state index contributed by atoms with van der Waals surface area (Å²) in [5.74, 6) is 0.421. The molecular weight excluding hydrogens is 555 g/mol. The Kier molecular flexibility index (Phi) is 7.14. The quantitative estimate of drug-likeness (QED) is 0.274. The van der Waals surface area contributed by atoms with Crippen molar-refractivity contribution in [1.82, 2.24) is 4.57 Å². The normalized spacial score (nSPS) is 15.5. The molecule has 1 unspecified atom stereocenters. The molecule has 0 spiro atoms. The highest BCUT2D eigenvalue weighted by molar-refractivity contribution is 7.07. The van der Waals surface area contributed by atoms with E-state index in [1.54, 1.807) is 74.5 Å². The molecule has 2 aromatic carbocycles. The molecule has 0 saturated heterocycles. The number of esters is 1. The minimum atomic E-state index is -0.788. The number of allylic oxidation sites excluding steroid dienone is 1. The third-order valence-corrected chi connectivity index (χ3v) is 7.70. The van der Waals surface area contributed by atoms with Gasteiger partial charge in [0.15, 0.2) is 4.80 Å². The van der Waals surface area contributed by atoms with E-state index in [1.165, 1.54) is 15.9 Å². The Morgan fingerprint density at radius 1 is 1.14 bits per heavy atom. The zero-order chi connectivity index (χ0) is 26.3. The smallest absolute Gasteiger partial charge is 0.338 e. The van der Waals surface area contributed by atoms with E-state index >= 15 is 0 Å². The van der Waals surface area contributed by atoms with Crippen molar-refractivity contribution in [2.75, 3.05) is 6.61 Å². The number of hydrogen-bond donors (Lipinski definition) is 0. The van der Waals surface area contributed by atoms with Gasteiger partial charge in [-0.2, -0.15) is 0 Å². The zero-order valence-corrected chi connectivity index (χ0v) is 22.7. The van der Waals surface area contributed by atoms with Crippen molar-refractivity contribution in [3.8, 4) is 11.3 Å². The molecule has 1 aliphatic rings. The molecule has 0 amide bonds. The third kappa shape index (κ3) is 4.80. The first-order chi connectivity index (χ1) is 17.8. The van der Waals surface area contributed by atoms with E-state index in [0.717, 1.165) is 0 Å². The predicted molar refractivity (Wildman–Crippen MR) is 146 cm³/mol. The lowest BCUT2D eigenvalue weighted by atomic mass is 9.96. The summed E-state index contributed by atoms with van der Waals surface area (Å²) in [6.45, 7) is 3.63. The molecule has 0 bridgehead atoms. The van der Waals surface area contributed by atoms with Crippen molar-refractivity contribution in [2.45, 2.75) is 19.9 Å². The van der Waals surface area contributed by atoms with E-state index in [4.69, 9.17) is 44.0 Å². The number of carbonyl (C=O) groups is 1. The highest BCUT2D eigenvalue weighted by Crippen LogP contribution is 2.35. The molecule has 37 heavy (non-hydrogen) atoms. The Hall–Kier alpha value is -3.10. The number of thiazole rings is 1. The van der Waals surface area contributed by atoms with Gasteiger partial charge in [0.2, 0.25) is 0 Å². The molecule has 5 rings (SSSR count). The van der Waals surface area contributed by atoms with E-state index in [-0.39, 0.29) is 17.7 Å². The number of hydrogen-bond acceptors (Lipinski definition) is 6. The Morgan fingerprint density at radius 3 is 2.68 bits per heavy atom. The van der Waals surface area contributed by atoms with Crippen LogP contribution in [0.1, 0.15) is 31.2 Å². The van der Waals surface area contributed by atoms with Crippen LogP contribution in [0.5, 0.6) is 0 Å². The largest absolute Gasteiger partial charge is 0.463 e. The van der Waals surface area contributed by atoms with Crippen molar-refractivity contribution in [3.05, 3.63) is 112 Å². The minimum Gasteiger partial charge on any atom is -0.463 e. The van der Waals surface area contributed by atoms with Gasteiger partial charge in [-0.3, -0.25) is 9.36 Å². The summed E-state index contributed by atoms with van der Waals surface area (Å²) in [7, 11) is 0. The highest BCUT2D eigenvalue weighted by atomic mass is 35.5. The number of carbonyl (C=O) groups excluding carboxylic acids is 1. The summed E-state index contributed by atoms with van der Waals surface area (Å²) in [4.78, 5) is 31.7. The minimum absolute atomic E-state index is 0.187. The highest BCUT2D eigenvalue weighted by Gasteiger charge is 2.34. The van der Waals surface area contributed by atoms with E-state index in [9.17, 15) is 9.59 Å². The van der Waals surface area contributed by atoms with E-state index in [0.29, 0.717) is 52.7 Å². The summed E-state index contributed by atoms with van der Waals surface area (Å²) >= 11 is 20.2. The van der Waals surface area contributed by atoms with Gasteiger partial charge in [0, 0.05) is 21.7 Å². The first kappa shape index (κ1) is 25.5. The Balaban J connectivity index is 1.66. The lowest BCUT2D eigenvalue weighted by Crippen LogP contribution is -2.40. The van der Waals surface area contributed by atoms with Crippen LogP contribution in [0.2, 0.25) is 15.1 Å². The summed E-state index contributed by atoms with van der Waals surface area (Å²) in [5, 5.41) is 1.44.